The van der Waals surface area contributed by atoms with E-state index in [1.54, 1.807) is 18.2 Å². The van der Waals surface area contributed by atoms with Crippen molar-refractivity contribution in [2.45, 2.75) is 32.6 Å². The quantitative estimate of drug-likeness (QED) is 0.577. The maximum atomic E-state index is 13.3. The van der Waals surface area contributed by atoms with Gasteiger partial charge in [-0.1, -0.05) is 41.4 Å². The van der Waals surface area contributed by atoms with Crippen LogP contribution in [0.4, 0.5) is 18.9 Å². The van der Waals surface area contributed by atoms with Crippen molar-refractivity contribution < 1.29 is 31.2 Å². The van der Waals surface area contributed by atoms with Gasteiger partial charge in [0.1, 0.15) is 12.6 Å². The lowest BCUT2D eigenvalue weighted by Gasteiger charge is -2.31. The van der Waals surface area contributed by atoms with E-state index in [0.29, 0.717) is 15.9 Å². The molecular formula is C22H25ClF3N3O4S. The number of aryl methyl sites for hydroxylation is 1. The third-order valence-electron chi connectivity index (χ3n) is 5.07. The first-order valence-corrected chi connectivity index (χ1v) is 12.3. The first-order chi connectivity index (χ1) is 15.6. The Morgan fingerprint density at radius 1 is 1.15 bits per heavy atom. The normalized spacial score (nSPS) is 12.7. The Hall–Kier alpha value is -2.79. The maximum absolute atomic E-state index is 13.3. The molecule has 7 nitrogen and oxygen atoms in total. The Balaban J connectivity index is 2.47. The highest BCUT2D eigenvalue weighted by Gasteiger charge is 2.35. The molecule has 2 aromatic carbocycles. The zero-order chi connectivity index (χ0) is 25.8. The summed E-state index contributed by atoms with van der Waals surface area (Å²) in [6, 6.07) is 8.76. The Morgan fingerprint density at radius 2 is 1.79 bits per heavy atom. The standard InChI is InChI=1S/C22H25ClF3N3O4S/c1-14-6-5-7-16(10-14)12-28(15(2)21(31)27-3)20(30)13-29(34(4,32)33)17-8-9-19(23)18(11-17)22(24,25)26/h5-11,15H,12-13H2,1-4H3,(H,27,31)/t15-/m0/s1. The molecule has 0 spiro atoms. The molecule has 0 aliphatic carbocycles. The van der Waals surface area contributed by atoms with Crippen LogP contribution in [0.5, 0.6) is 0 Å². The number of hydrogen-bond donors (Lipinski definition) is 1. The van der Waals surface area contributed by atoms with E-state index < -0.39 is 51.2 Å². The number of likely N-dealkylation sites (N-methyl/N-ethyl adjacent to an activating group) is 1. The number of benzene rings is 2. The van der Waals surface area contributed by atoms with Crippen LogP contribution >= 0.6 is 11.6 Å². The van der Waals surface area contributed by atoms with Crippen molar-refractivity contribution in [3.8, 4) is 0 Å². The summed E-state index contributed by atoms with van der Waals surface area (Å²) >= 11 is 5.64. The van der Waals surface area contributed by atoms with Crippen LogP contribution in [0.15, 0.2) is 42.5 Å². The van der Waals surface area contributed by atoms with Crippen molar-refractivity contribution in [1.82, 2.24) is 10.2 Å². The van der Waals surface area contributed by atoms with E-state index >= 15 is 0 Å². The molecular weight excluding hydrogens is 495 g/mol. The van der Waals surface area contributed by atoms with Crippen molar-refractivity contribution in [2.75, 3.05) is 24.2 Å². The fourth-order valence-electron chi connectivity index (χ4n) is 3.30. The van der Waals surface area contributed by atoms with Crippen molar-refractivity contribution in [3.63, 3.8) is 0 Å². The number of hydrogen-bond acceptors (Lipinski definition) is 4. The summed E-state index contributed by atoms with van der Waals surface area (Å²) in [6.45, 7) is 2.50. The molecule has 0 aromatic heterocycles. The van der Waals surface area contributed by atoms with E-state index in [2.05, 4.69) is 5.32 Å². The number of amides is 2. The van der Waals surface area contributed by atoms with Crippen molar-refractivity contribution in [3.05, 3.63) is 64.2 Å². The van der Waals surface area contributed by atoms with E-state index in [0.717, 1.165) is 24.0 Å². The summed E-state index contributed by atoms with van der Waals surface area (Å²) in [5.41, 5.74) is -0.00394. The van der Waals surface area contributed by atoms with E-state index in [1.807, 2.05) is 13.0 Å². The number of carbonyl (C=O) groups excluding carboxylic acids is 2. The van der Waals surface area contributed by atoms with Gasteiger partial charge in [-0.2, -0.15) is 13.2 Å². The lowest BCUT2D eigenvalue weighted by atomic mass is 10.1. The molecule has 34 heavy (non-hydrogen) atoms. The molecule has 0 saturated carbocycles. The fourth-order valence-corrected chi connectivity index (χ4v) is 4.36. The minimum Gasteiger partial charge on any atom is -0.357 e. The zero-order valence-electron chi connectivity index (χ0n) is 19.0. The lowest BCUT2D eigenvalue weighted by Crippen LogP contribution is -2.50. The van der Waals surface area contributed by atoms with Crippen LogP contribution in [0.3, 0.4) is 0 Å². The Kier molecular flexibility index (Phi) is 8.59. The first-order valence-electron chi connectivity index (χ1n) is 10.1. The Bertz CT molecular complexity index is 1170. The second kappa shape index (κ2) is 10.6. The highest BCUT2D eigenvalue weighted by atomic mass is 35.5. The molecule has 0 radical (unpaired) electrons. The van der Waals surface area contributed by atoms with Gasteiger partial charge >= 0.3 is 6.18 Å². The number of anilines is 1. The molecule has 0 aliphatic heterocycles. The molecule has 0 heterocycles. The summed E-state index contributed by atoms with van der Waals surface area (Å²) in [7, 11) is -2.79. The van der Waals surface area contributed by atoms with Crippen LogP contribution in [0.1, 0.15) is 23.6 Å². The number of sulfonamides is 1. The number of alkyl halides is 3. The lowest BCUT2D eigenvalue weighted by molar-refractivity contribution is -0.139. The van der Waals surface area contributed by atoms with Gasteiger partial charge in [-0.25, -0.2) is 8.42 Å². The van der Waals surface area contributed by atoms with Crippen LogP contribution in [0.2, 0.25) is 5.02 Å². The van der Waals surface area contributed by atoms with Gasteiger partial charge in [-0.3, -0.25) is 13.9 Å². The third-order valence-corrected chi connectivity index (χ3v) is 6.54. The van der Waals surface area contributed by atoms with Crippen LogP contribution < -0.4 is 9.62 Å². The molecule has 0 aliphatic rings. The minimum atomic E-state index is -4.83. The van der Waals surface area contributed by atoms with Crippen LogP contribution in [0, 0.1) is 6.92 Å². The minimum absolute atomic E-state index is 0.0128. The SMILES string of the molecule is CNC(=O)[C@H](C)N(Cc1cccc(C)c1)C(=O)CN(c1ccc(Cl)c(C(F)(F)F)c1)S(C)(=O)=O. The summed E-state index contributed by atoms with van der Waals surface area (Å²) < 4.78 is 65.4. The highest BCUT2D eigenvalue weighted by Crippen LogP contribution is 2.37. The Labute approximate surface area is 201 Å². The topological polar surface area (TPSA) is 86.8 Å². The smallest absolute Gasteiger partial charge is 0.357 e. The monoisotopic (exact) mass is 519 g/mol. The summed E-state index contributed by atoms with van der Waals surface area (Å²) in [4.78, 5) is 26.7. The van der Waals surface area contributed by atoms with Gasteiger partial charge in [0.15, 0.2) is 0 Å². The molecule has 0 fully saturated rings. The molecule has 0 saturated heterocycles. The molecule has 0 bridgehead atoms. The predicted octanol–water partition coefficient (Wildman–Crippen LogP) is 3.60. The molecule has 2 amide bonds. The fraction of sp³-hybridized carbons (Fsp3) is 0.364. The maximum Gasteiger partial charge on any atom is 0.417 e. The van der Waals surface area contributed by atoms with E-state index in [9.17, 15) is 31.2 Å². The van der Waals surface area contributed by atoms with Gasteiger partial charge in [-0.05, 0) is 37.6 Å². The summed E-state index contributed by atoms with van der Waals surface area (Å²) in [6.07, 6.45) is -4.06. The predicted molar refractivity (Wildman–Crippen MR) is 124 cm³/mol. The van der Waals surface area contributed by atoms with Gasteiger partial charge < -0.3 is 10.2 Å². The molecule has 186 valence electrons. The molecule has 12 heteroatoms. The van der Waals surface area contributed by atoms with E-state index in [4.69, 9.17) is 11.6 Å². The molecule has 2 aromatic rings. The number of nitrogens with one attached hydrogen (secondary N) is 1. The van der Waals surface area contributed by atoms with Gasteiger partial charge in [0, 0.05) is 13.6 Å². The van der Waals surface area contributed by atoms with Gasteiger partial charge in [0.05, 0.1) is 22.5 Å². The molecule has 0 unspecified atom stereocenters. The highest BCUT2D eigenvalue weighted by molar-refractivity contribution is 7.92. The van der Waals surface area contributed by atoms with Crippen molar-refractivity contribution in [2.24, 2.45) is 0 Å². The van der Waals surface area contributed by atoms with Crippen LogP contribution in [-0.2, 0) is 32.3 Å². The number of rotatable bonds is 8. The molecule has 1 atom stereocenters. The van der Waals surface area contributed by atoms with Gasteiger partial charge in [0.2, 0.25) is 21.8 Å². The first kappa shape index (κ1) is 27.5. The van der Waals surface area contributed by atoms with E-state index in [1.165, 1.54) is 18.9 Å². The number of nitrogens with zero attached hydrogens (tertiary/aromatic N) is 2. The summed E-state index contributed by atoms with van der Waals surface area (Å²) in [5, 5.41) is 1.83. The second-order valence-corrected chi connectivity index (χ2v) is 10.0. The third kappa shape index (κ3) is 6.86. The molecule has 1 N–H and O–H groups in total. The van der Waals surface area contributed by atoms with Crippen LogP contribution in [-0.4, -0.2) is 51.0 Å². The van der Waals surface area contributed by atoms with Crippen molar-refractivity contribution >= 4 is 39.1 Å². The van der Waals surface area contributed by atoms with Gasteiger partial charge in [0.25, 0.3) is 0 Å². The number of carbonyl (C=O) groups is 2. The Morgan fingerprint density at radius 3 is 2.32 bits per heavy atom. The average Bonchev–Trinajstić information content (AvgIpc) is 2.73. The van der Waals surface area contributed by atoms with Crippen LogP contribution in [0.25, 0.3) is 0 Å². The zero-order valence-corrected chi connectivity index (χ0v) is 20.6. The summed E-state index contributed by atoms with van der Waals surface area (Å²) in [5.74, 6) is -1.26. The van der Waals surface area contributed by atoms with Gasteiger partial charge in [-0.15, -0.1) is 0 Å². The largest absolute Gasteiger partial charge is 0.417 e. The average molecular weight is 520 g/mol. The van der Waals surface area contributed by atoms with Crippen molar-refractivity contribution in [1.29, 1.82) is 0 Å². The molecule has 2 rings (SSSR count). The van der Waals surface area contributed by atoms with E-state index in [-0.39, 0.29) is 12.2 Å². The second-order valence-electron chi connectivity index (χ2n) is 7.73. The number of halogens is 4.